The van der Waals surface area contributed by atoms with E-state index in [1.54, 1.807) is 19.2 Å². The van der Waals surface area contributed by atoms with Crippen LogP contribution in [-0.4, -0.2) is 29.3 Å². The summed E-state index contributed by atoms with van der Waals surface area (Å²) in [5, 5.41) is 13.8. The normalized spacial score (nSPS) is 11.0. The van der Waals surface area contributed by atoms with Crippen molar-refractivity contribution in [1.29, 1.82) is 0 Å². The third-order valence-electron chi connectivity index (χ3n) is 2.47. The quantitative estimate of drug-likeness (QED) is 0.493. The van der Waals surface area contributed by atoms with E-state index in [0.717, 1.165) is 5.56 Å². The number of rotatable bonds is 6. The molecule has 1 aromatic carbocycles. The summed E-state index contributed by atoms with van der Waals surface area (Å²) < 4.78 is 5.21. The summed E-state index contributed by atoms with van der Waals surface area (Å²) in [6.45, 7) is 5.44. The number of carbonyl (C=O) groups is 1. The Morgan fingerprint density at radius 3 is 2.62 bits per heavy atom. The van der Waals surface area contributed by atoms with E-state index < -0.39 is 10.5 Å². The zero-order chi connectivity index (χ0) is 16.0. The number of para-hydroxylation sites is 1. The standard InChI is InChI=1S/C14H20N2O4S/c1-14(2,3)20-12(17)9-21-8-10-6-5-7-11(16(18)19)13(10)15-4/h5-7,15H,8-9H2,1-4H3. The second-order valence-electron chi connectivity index (χ2n) is 5.40. The molecule has 0 aliphatic carbocycles. The minimum Gasteiger partial charge on any atom is -0.459 e. The largest absolute Gasteiger partial charge is 0.459 e. The Kier molecular flexibility index (Phi) is 6.02. The Balaban J connectivity index is 2.66. The first kappa shape index (κ1) is 17.3. The minimum absolute atomic E-state index is 0.0351. The number of hydrogen-bond donors (Lipinski definition) is 1. The highest BCUT2D eigenvalue weighted by Gasteiger charge is 2.18. The van der Waals surface area contributed by atoms with E-state index in [1.165, 1.54) is 17.8 Å². The smallest absolute Gasteiger partial charge is 0.316 e. The van der Waals surface area contributed by atoms with E-state index in [0.29, 0.717) is 11.4 Å². The number of nitro benzene ring substituents is 1. The first-order valence-electron chi connectivity index (χ1n) is 6.48. The average molecular weight is 312 g/mol. The second kappa shape index (κ2) is 7.31. The molecular formula is C14H20N2O4S. The van der Waals surface area contributed by atoms with Crippen molar-refractivity contribution in [3.63, 3.8) is 0 Å². The summed E-state index contributed by atoms with van der Waals surface area (Å²) >= 11 is 1.37. The molecule has 0 heterocycles. The monoisotopic (exact) mass is 312 g/mol. The van der Waals surface area contributed by atoms with Crippen molar-refractivity contribution in [3.8, 4) is 0 Å². The first-order chi connectivity index (χ1) is 9.74. The molecular weight excluding hydrogens is 292 g/mol. The lowest BCUT2D eigenvalue weighted by molar-refractivity contribution is -0.384. The molecule has 0 saturated carbocycles. The predicted molar refractivity (Wildman–Crippen MR) is 84.7 cm³/mol. The Morgan fingerprint density at radius 1 is 1.43 bits per heavy atom. The summed E-state index contributed by atoms with van der Waals surface area (Å²) in [6, 6.07) is 4.90. The Labute approximate surface area is 128 Å². The SMILES string of the molecule is CNc1c(CSCC(=O)OC(C)(C)C)cccc1[N+](=O)[O-]. The number of nitro groups is 1. The zero-order valence-electron chi connectivity index (χ0n) is 12.6. The highest BCUT2D eigenvalue weighted by molar-refractivity contribution is 7.99. The molecule has 0 aromatic heterocycles. The summed E-state index contributed by atoms with van der Waals surface area (Å²) in [4.78, 5) is 22.1. The number of anilines is 1. The fourth-order valence-electron chi connectivity index (χ4n) is 1.76. The van der Waals surface area contributed by atoms with Crippen LogP contribution in [0.3, 0.4) is 0 Å². The molecule has 0 aliphatic rings. The van der Waals surface area contributed by atoms with Crippen LogP contribution in [0.5, 0.6) is 0 Å². The third-order valence-corrected chi connectivity index (χ3v) is 3.43. The van der Waals surface area contributed by atoms with E-state index in [9.17, 15) is 14.9 Å². The highest BCUT2D eigenvalue weighted by Crippen LogP contribution is 2.30. The van der Waals surface area contributed by atoms with Crippen LogP contribution in [0.15, 0.2) is 18.2 Å². The summed E-state index contributed by atoms with van der Waals surface area (Å²) in [6.07, 6.45) is 0. The number of benzene rings is 1. The van der Waals surface area contributed by atoms with Gasteiger partial charge in [0.15, 0.2) is 0 Å². The van der Waals surface area contributed by atoms with Gasteiger partial charge in [0.1, 0.15) is 11.3 Å². The van der Waals surface area contributed by atoms with Crippen molar-refractivity contribution >= 4 is 29.1 Å². The summed E-state index contributed by atoms with van der Waals surface area (Å²) in [5.41, 5.74) is 0.812. The van der Waals surface area contributed by atoms with Crippen LogP contribution >= 0.6 is 11.8 Å². The molecule has 6 nitrogen and oxygen atoms in total. The van der Waals surface area contributed by atoms with Gasteiger partial charge in [-0.2, -0.15) is 0 Å². The van der Waals surface area contributed by atoms with Crippen LogP contribution in [0.4, 0.5) is 11.4 Å². The molecule has 0 radical (unpaired) electrons. The van der Waals surface area contributed by atoms with E-state index in [2.05, 4.69) is 5.32 Å². The van der Waals surface area contributed by atoms with Gasteiger partial charge in [-0.3, -0.25) is 14.9 Å². The number of nitrogens with zero attached hydrogens (tertiary/aromatic N) is 1. The Hall–Kier alpha value is -1.76. The Morgan fingerprint density at radius 2 is 2.10 bits per heavy atom. The lowest BCUT2D eigenvalue weighted by Crippen LogP contribution is -2.24. The predicted octanol–water partition coefficient (Wildman–Crippen LogP) is 3.21. The van der Waals surface area contributed by atoms with Gasteiger partial charge >= 0.3 is 5.97 Å². The third kappa shape index (κ3) is 5.63. The van der Waals surface area contributed by atoms with Gasteiger partial charge in [0.25, 0.3) is 5.69 Å². The maximum Gasteiger partial charge on any atom is 0.316 e. The van der Waals surface area contributed by atoms with Crippen LogP contribution in [0, 0.1) is 10.1 Å². The van der Waals surface area contributed by atoms with Crippen LogP contribution in [0.2, 0.25) is 0 Å². The Bertz CT molecular complexity index is 526. The first-order valence-corrected chi connectivity index (χ1v) is 7.63. The highest BCUT2D eigenvalue weighted by atomic mass is 32.2. The van der Waals surface area contributed by atoms with Gasteiger partial charge in [0.05, 0.1) is 10.7 Å². The molecule has 1 rings (SSSR count). The van der Waals surface area contributed by atoms with Crippen molar-refractivity contribution in [3.05, 3.63) is 33.9 Å². The number of thioether (sulfide) groups is 1. The van der Waals surface area contributed by atoms with E-state index in [-0.39, 0.29) is 17.4 Å². The molecule has 0 atom stereocenters. The molecule has 1 N–H and O–H groups in total. The van der Waals surface area contributed by atoms with Gasteiger partial charge in [-0.15, -0.1) is 11.8 Å². The lowest BCUT2D eigenvalue weighted by Gasteiger charge is -2.19. The van der Waals surface area contributed by atoms with Crippen LogP contribution < -0.4 is 5.32 Å². The zero-order valence-corrected chi connectivity index (χ0v) is 13.5. The molecule has 0 bridgehead atoms. The van der Waals surface area contributed by atoms with Gasteiger partial charge < -0.3 is 10.1 Å². The number of esters is 1. The molecule has 0 saturated heterocycles. The second-order valence-corrected chi connectivity index (χ2v) is 6.38. The summed E-state index contributed by atoms with van der Waals surface area (Å²) in [7, 11) is 1.64. The average Bonchev–Trinajstić information content (AvgIpc) is 2.36. The summed E-state index contributed by atoms with van der Waals surface area (Å²) in [5.74, 6) is 0.421. The molecule has 0 amide bonds. The van der Waals surface area contributed by atoms with E-state index in [4.69, 9.17) is 4.74 Å². The van der Waals surface area contributed by atoms with Crippen LogP contribution in [0.1, 0.15) is 26.3 Å². The minimum atomic E-state index is -0.501. The number of hydrogen-bond acceptors (Lipinski definition) is 6. The number of nitrogens with one attached hydrogen (secondary N) is 1. The molecule has 116 valence electrons. The molecule has 0 unspecified atom stereocenters. The number of ether oxygens (including phenoxy) is 1. The van der Waals surface area contributed by atoms with Gasteiger partial charge in [-0.05, 0) is 26.3 Å². The van der Waals surface area contributed by atoms with E-state index in [1.807, 2.05) is 20.8 Å². The van der Waals surface area contributed by atoms with Crippen LogP contribution in [-0.2, 0) is 15.3 Å². The number of carbonyl (C=O) groups excluding carboxylic acids is 1. The van der Waals surface area contributed by atoms with Crippen molar-refractivity contribution in [2.75, 3.05) is 18.1 Å². The van der Waals surface area contributed by atoms with Gasteiger partial charge in [-0.1, -0.05) is 12.1 Å². The van der Waals surface area contributed by atoms with Crippen LogP contribution in [0.25, 0.3) is 0 Å². The maximum atomic E-state index is 11.6. The topological polar surface area (TPSA) is 81.5 Å². The van der Waals surface area contributed by atoms with Crippen molar-refractivity contribution in [2.45, 2.75) is 32.1 Å². The fraction of sp³-hybridized carbons (Fsp3) is 0.500. The van der Waals surface area contributed by atoms with Crippen molar-refractivity contribution < 1.29 is 14.5 Å². The van der Waals surface area contributed by atoms with Gasteiger partial charge in [-0.25, -0.2) is 0 Å². The lowest BCUT2D eigenvalue weighted by atomic mass is 10.1. The van der Waals surface area contributed by atoms with Crippen molar-refractivity contribution in [1.82, 2.24) is 0 Å². The van der Waals surface area contributed by atoms with Crippen molar-refractivity contribution in [2.24, 2.45) is 0 Å². The van der Waals surface area contributed by atoms with Gasteiger partial charge in [0, 0.05) is 18.9 Å². The maximum absolute atomic E-state index is 11.6. The molecule has 0 aliphatic heterocycles. The van der Waals surface area contributed by atoms with Gasteiger partial charge in [0.2, 0.25) is 0 Å². The molecule has 7 heteroatoms. The molecule has 21 heavy (non-hydrogen) atoms. The van der Waals surface area contributed by atoms with E-state index >= 15 is 0 Å². The fourth-order valence-corrected chi connectivity index (χ4v) is 2.55. The molecule has 0 spiro atoms. The molecule has 0 fully saturated rings. The molecule has 1 aromatic rings.